The summed E-state index contributed by atoms with van der Waals surface area (Å²) < 4.78 is 23.3. The fourth-order valence-corrected chi connectivity index (χ4v) is 3.55. The van der Waals surface area contributed by atoms with E-state index in [1.807, 2.05) is 35.5 Å². The molecule has 0 aliphatic rings. The Morgan fingerprint density at radius 2 is 1.97 bits per heavy atom. The lowest BCUT2D eigenvalue weighted by Gasteiger charge is -2.09. The minimum Gasteiger partial charge on any atom is -0.464 e. The quantitative estimate of drug-likeness (QED) is 0.397. The normalized spacial score (nSPS) is 11.6. The molecule has 32 heavy (non-hydrogen) atoms. The number of imidazole rings is 1. The first kappa shape index (κ1) is 21.8. The van der Waals surface area contributed by atoms with Crippen LogP contribution in [0.5, 0.6) is 6.01 Å². The molecule has 0 N–H and O–H groups in total. The SMILES string of the molecule is CCOc1nc(C)c2nc(-c3cncc(F)c3)n(Cc3cnn(CCCN(C)C)c3)c2n1. The van der Waals surface area contributed by atoms with Crippen LogP contribution < -0.4 is 4.74 Å². The molecule has 0 radical (unpaired) electrons. The number of hydrogen-bond donors (Lipinski definition) is 0. The van der Waals surface area contributed by atoms with Crippen molar-refractivity contribution in [1.82, 2.24) is 39.2 Å². The maximum Gasteiger partial charge on any atom is 0.318 e. The van der Waals surface area contributed by atoms with E-state index in [1.165, 1.54) is 12.3 Å². The number of aryl methyl sites for hydroxylation is 2. The fraction of sp³-hybridized carbons (Fsp3) is 0.409. The lowest BCUT2D eigenvalue weighted by atomic mass is 10.2. The van der Waals surface area contributed by atoms with E-state index in [0.717, 1.165) is 25.1 Å². The molecule has 4 aromatic rings. The van der Waals surface area contributed by atoms with Crippen LogP contribution in [0, 0.1) is 12.7 Å². The minimum atomic E-state index is -0.423. The molecule has 4 aromatic heterocycles. The van der Waals surface area contributed by atoms with Crippen molar-refractivity contribution in [2.45, 2.75) is 33.4 Å². The number of hydrogen-bond acceptors (Lipinski definition) is 7. The Morgan fingerprint density at radius 3 is 2.72 bits per heavy atom. The number of halogens is 1. The van der Waals surface area contributed by atoms with Gasteiger partial charge in [0.2, 0.25) is 0 Å². The maximum atomic E-state index is 13.9. The van der Waals surface area contributed by atoms with E-state index < -0.39 is 5.82 Å². The number of nitrogens with zero attached hydrogens (tertiary/aromatic N) is 8. The third kappa shape index (κ3) is 4.75. The molecule has 0 aromatic carbocycles. The first-order valence-electron chi connectivity index (χ1n) is 10.6. The van der Waals surface area contributed by atoms with Crippen LogP contribution in [0.4, 0.5) is 4.39 Å². The van der Waals surface area contributed by atoms with E-state index in [0.29, 0.717) is 47.4 Å². The van der Waals surface area contributed by atoms with Crippen LogP contribution in [0.25, 0.3) is 22.6 Å². The van der Waals surface area contributed by atoms with Gasteiger partial charge in [0.25, 0.3) is 0 Å². The highest BCUT2D eigenvalue weighted by molar-refractivity contribution is 5.79. The summed E-state index contributed by atoms with van der Waals surface area (Å²) in [5.74, 6) is 0.144. The Balaban J connectivity index is 1.74. The predicted molar refractivity (Wildman–Crippen MR) is 119 cm³/mol. The molecule has 9 nitrogen and oxygen atoms in total. The van der Waals surface area contributed by atoms with Crippen LogP contribution in [0.15, 0.2) is 30.9 Å². The molecule has 0 spiro atoms. The molecule has 0 aliphatic heterocycles. The van der Waals surface area contributed by atoms with E-state index in [1.54, 1.807) is 6.20 Å². The van der Waals surface area contributed by atoms with Crippen molar-refractivity contribution < 1.29 is 9.13 Å². The van der Waals surface area contributed by atoms with Gasteiger partial charge in [0.15, 0.2) is 5.65 Å². The van der Waals surface area contributed by atoms with Gasteiger partial charge < -0.3 is 14.2 Å². The molecule has 0 aliphatic carbocycles. The third-order valence-corrected chi connectivity index (χ3v) is 5.00. The standard InChI is InChI=1S/C22H27FN8O/c1-5-32-22-26-15(2)19-21(28-22)31(20(27-19)17-9-18(23)12-24-11-17)14-16-10-25-30(13-16)8-6-7-29(3)4/h9-13H,5-8,14H2,1-4H3. The average molecular weight is 439 g/mol. The largest absolute Gasteiger partial charge is 0.464 e. The number of aromatic nitrogens is 7. The van der Waals surface area contributed by atoms with Crippen molar-refractivity contribution in [3.05, 3.63) is 47.9 Å². The second kappa shape index (κ2) is 9.39. The van der Waals surface area contributed by atoms with E-state index in [4.69, 9.17) is 9.72 Å². The summed E-state index contributed by atoms with van der Waals surface area (Å²) in [6, 6.07) is 1.71. The summed E-state index contributed by atoms with van der Waals surface area (Å²) in [5, 5.41) is 4.49. The molecule has 0 bridgehead atoms. The molecular formula is C22H27FN8O. The van der Waals surface area contributed by atoms with Crippen molar-refractivity contribution in [2.75, 3.05) is 27.2 Å². The van der Waals surface area contributed by atoms with Crippen molar-refractivity contribution in [3.63, 3.8) is 0 Å². The van der Waals surface area contributed by atoms with E-state index in [9.17, 15) is 4.39 Å². The number of ether oxygens (including phenoxy) is 1. The second-order valence-electron chi connectivity index (χ2n) is 7.88. The van der Waals surface area contributed by atoms with Gasteiger partial charge in [0, 0.05) is 30.1 Å². The second-order valence-corrected chi connectivity index (χ2v) is 7.88. The molecule has 0 unspecified atom stereocenters. The Bertz CT molecular complexity index is 1220. The molecule has 0 amide bonds. The van der Waals surface area contributed by atoms with Gasteiger partial charge in [0.05, 0.1) is 31.2 Å². The smallest absolute Gasteiger partial charge is 0.318 e. The van der Waals surface area contributed by atoms with Crippen LogP contribution in [0.2, 0.25) is 0 Å². The molecule has 4 heterocycles. The summed E-state index contributed by atoms with van der Waals surface area (Å²) in [6.45, 7) is 6.50. The summed E-state index contributed by atoms with van der Waals surface area (Å²) in [5.41, 5.74) is 3.53. The van der Waals surface area contributed by atoms with Gasteiger partial charge in [-0.05, 0) is 47.0 Å². The van der Waals surface area contributed by atoms with Crippen molar-refractivity contribution >= 4 is 11.2 Å². The first-order valence-corrected chi connectivity index (χ1v) is 10.6. The van der Waals surface area contributed by atoms with Gasteiger partial charge in [-0.25, -0.2) is 9.37 Å². The zero-order valence-corrected chi connectivity index (χ0v) is 18.8. The zero-order chi connectivity index (χ0) is 22.7. The van der Waals surface area contributed by atoms with Gasteiger partial charge in [-0.15, -0.1) is 0 Å². The monoisotopic (exact) mass is 438 g/mol. The lowest BCUT2D eigenvalue weighted by Crippen LogP contribution is -2.15. The van der Waals surface area contributed by atoms with E-state index in [2.05, 4.69) is 39.0 Å². The van der Waals surface area contributed by atoms with Crippen LogP contribution in [0.3, 0.4) is 0 Å². The summed E-state index contributed by atoms with van der Waals surface area (Å²) in [6.07, 6.45) is 7.63. The van der Waals surface area contributed by atoms with Crippen molar-refractivity contribution in [1.29, 1.82) is 0 Å². The zero-order valence-electron chi connectivity index (χ0n) is 18.8. The molecule has 4 rings (SSSR count). The highest BCUT2D eigenvalue weighted by atomic mass is 19.1. The van der Waals surface area contributed by atoms with Crippen molar-refractivity contribution in [2.24, 2.45) is 0 Å². The summed E-state index contributed by atoms with van der Waals surface area (Å²) >= 11 is 0. The number of fused-ring (bicyclic) bond motifs is 1. The Morgan fingerprint density at radius 1 is 1.12 bits per heavy atom. The summed E-state index contributed by atoms with van der Waals surface area (Å²) in [7, 11) is 4.11. The molecule has 0 fully saturated rings. The van der Waals surface area contributed by atoms with Crippen LogP contribution in [-0.4, -0.2) is 66.4 Å². The number of pyridine rings is 1. The van der Waals surface area contributed by atoms with Crippen molar-refractivity contribution in [3.8, 4) is 17.4 Å². The van der Waals surface area contributed by atoms with Gasteiger partial charge in [-0.1, -0.05) is 0 Å². The highest BCUT2D eigenvalue weighted by Crippen LogP contribution is 2.27. The third-order valence-electron chi connectivity index (χ3n) is 5.00. The minimum absolute atomic E-state index is 0.293. The van der Waals surface area contributed by atoms with E-state index in [-0.39, 0.29) is 0 Å². The van der Waals surface area contributed by atoms with Crippen LogP contribution in [-0.2, 0) is 13.1 Å². The topological polar surface area (TPSA) is 86.8 Å². The molecule has 0 saturated heterocycles. The maximum absolute atomic E-state index is 13.9. The van der Waals surface area contributed by atoms with Gasteiger partial charge in [0.1, 0.15) is 17.2 Å². The van der Waals surface area contributed by atoms with E-state index >= 15 is 0 Å². The Hall–Kier alpha value is -3.40. The molecule has 10 heteroatoms. The Kier molecular flexibility index (Phi) is 6.40. The molecule has 168 valence electrons. The van der Waals surface area contributed by atoms with Gasteiger partial charge >= 0.3 is 6.01 Å². The molecule has 0 atom stereocenters. The lowest BCUT2D eigenvalue weighted by molar-refractivity contribution is 0.313. The Labute approximate surface area is 185 Å². The van der Waals surface area contributed by atoms with Gasteiger partial charge in [-0.3, -0.25) is 9.67 Å². The highest BCUT2D eigenvalue weighted by Gasteiger charge is 2.19. The first-order chi connectivity index (χ1) is 15.4. The average Bonchev–Trinajstić information content (AvgIpc) is 3.34. The fourth-order valence-electron chi connectivity index (χ4n) is 3.55. The van der Waals surface area contributed by atoms with Gasteiger partial charge in [-0.2, -0.15) is 15.1 Å². The summed E-state index contributed by atoms with van der Waals surface area (Å²) in [4.78, 5) is 19.9. The van der Waals surface area contributed by atoms with Crippen LogP contribution >= 0.6 is 0 Å². The molecular weight excluding hydrogens is 411 g/mol. The number of rotatable bonds is 9. The predicted octanol–water partition coefficient (Wildman–Crippen LogP) is 2.93. The van der Waals surface area contributed by atoms with Crippen LogP contribution in [0.1, 0.15) is 24.6 Å². The molecule has 0 saturated carbocycles.